The Morgan fingerprint density at radius 1 is 0.536 bits per heavy atom. The number of hydrogen-bond acceptors (Lipinski definition) is 12. The highest BCUT2D eigenvalue weighted by Crippen LogP contribution is 2.27. The molecule has 0 spiro atoms. The monoisotopic (exact) mass is 1200 g/mol. The molecule has 2 heterocycles. The minimum absolute atomic E-state index is 0.0531. The van der Waals surface area contributed by atoms with Crippen LogP contribution < -0.4 is 21.3 Å². The molecule has 84 heavy (non-hydrogen) atoms. The van der Waals surface area contributed by atoms with Crippen LogP contribution in [-0.2, 0) is 61.7 Å². The van der Waals surface area contributed by atoms with Crippen LogP contribution in [0.4, 0.5) is 8.78 Å². The largest absolute Gasteiger partial charge is 0.348 e. The van der Waals surface area contributed by atoms with E-state index in [1.165, 1.54) is 32.9 Å². The fraction of sp³-hybridized carbons (Fsp3) is 0.500. The quantitative estimate of drug-likeness (QED) is 0.0432. The average Bonchev–Trinajstić information content (AvgIpc) is 3.70. The highest BCUT2D eigenvalue weighted by atomic mass is 32.2. The molecule has 6 atom stereocenters. The number of likely N-dealkylation sites (tertiary alicyclic amines) is 2. The van der Waals surface area contributed by atoms with Crippen molar-refractivity contribution < 1.29 is 54.4 Å². The van der Waals surface area contributed by atoms with Crippen molar-refractivity contribution >= 4 is 55.5 Å². The van der Waals surface area contributed by atoms with Crippen molar-refractivity contribution in [3.63, 3.8) is 0 Å². The molecular formula is C60H82F2N10O10S2. The van der Waals surface area contributed by atoms with E-state index in [1.807, 2.05) is 60.7 Å². The van der Waals surface area contributed by atoms with Gasteiger partial charge in [-0.3, -0.25) is 38.6 Å². The molecule has 0 unspecified atom stereocenters. The first-order valence-corrected chi connectivity index (χ1v) is 31.6. The summed E-state index contributed by atoms with van der Waals surface area (Å²) in [5.41, 5.74) is 1.81. The van der Waals surface area contributed by atoms with Gasteiger partial charge in [0.2, 0.25) is 43.7 Å². The van der Waals surface area contributed by atoms with Gasteiger partial charge in [0.25, 0.3) is 0 Å². The van der Waals surface area contributed by atoms with E-state index in [1.54, 1.807) is 61.6 Å². The van der Waals surface area contributed by atoms with Crippen LogP contribution in [0.1, 0.15) is 76.3 Å². The Morgan fingerprint density at radius 2 is 0.881 bits per heavy atom. The molecule has 0 aliphatic carbocycles. The molecule has 24 heteroatoms. The van der Waals surface area contributed by atoms with E-state index in [9.17, 15) is 54.4 Å². The molecule has 0 aromatic heterocycles. The summed E-state index contributed by atoms with van der Waals surface area (Å²) in [6, 6.07) is 23.4. The topological polar surface area (TPSA) is 238 Å². The van der Waals surface area contributed by atoms with E-state index >= 15 is 0 Å². The van der Waals surface area contributed by atoms with E-state index in [0.717, 1.165) is 35.4 Å². The SMILES string of the molecule is C[C@@H](C(=O)N[C@@H](CCCNC(=O)C(=O)NCCC[C@H](NC(=O)[C@H](C)N(C)C)C(=O)N1CCC[C@H]1CN(CCc1ccccc1)S(=O)(=O)c1ccc(F)cc1)C(=O)N1CCC[C@H]1CN(CCc1ccccc1)S(=O)(=O)c1ccc(F)cc1)N(C)C. The molecule has 2 saturated heterocycles. The van der Waals surface area contributed by atoms with E-state index in [0.29, 0.717) is 51.6 Å². The van der Waals surface area contributed by atoms with Crippen LogP contribution in [0, 0.1) is 11.6 Å². The predicted molar refractivity (Wildman–Crippen MR) is 315 cm³/mol. The Hall–Kier alpha value is -6.70. The van der Waals surface area contributed by atoms with Crippen LogP contribution in [-0.4, -0.2) is 197 Å². The van der Waals surface area contributed by atoms with Gasteiger partial charge in [-0.05, 0) is 166 Å². The Bertz CT molecular complexity index is 2850. The normalized spacial score (nSPS) is 17.0. The Labute approximate surface area is 493 Å². The first-order valence-electron chi connectivity index (χ1n) is 28.7. The predicted octanol–water partition coefficient (Wildman–Crippen LogP) is 3.78. The van der Waals surface area contributed by atoms with Crippen LogP contribution in [0.5, 0.6) is 0 Å². The lowest BCUT2D eigenvalue weighted by Gasteiger charge is -2.33. The fourth-order valence-electron chi connectivity index (χ4n) is 10.2. The minimum Gasteiger partial charge on any atom is -0.348 e. The molecule has 0 radical (unpaired) electrons. The summed E-state index contributed by atoms with van der Waals surface area (Å²) in [5.74, 6) is -4.80. The second-order valence-corrected chi connectivity index (χ2v) is 25.8. The highest BCUT2D eigenvalue weighted by molar-refractivity contribution is 7.89. The molecule has 2 aliphatic rings. The average molecular weight is 1210 g/mol. The molecule has 6 rings (SSSR count). The van der Waals surface area contributed by atoms with Crippen LogP contribution in [0.3, 0.4) is 0 Å². The third kappa shape index (κ3) is 18.6. The summed E-state index contributed by atoms with van der Waals surface area (Å²) in [7, 11) is -1.42. The van der Waals surface area contributed by atoms with E-state index in [-0.39, 0.29) is 74.7 Å². The second kappa shape index (κ2) is 31.4. The van der Waals surface area contributed by atoms with E-state index in [4.69, 9.17) is 0 Å². The number of carbonyl (C=O) groups is 6. The maximum Gasteiger partial charge on any atom is 0.309 e. The van der Waals surface area contributed by atoms with Gasteiger partial charge in [-0.1, -0.05) is 60.7 Å². The second-order valence-electron chi connectivity index (χ2n) is 22.0. The van der Waals surface area contributed by atoms with Crippen molar-refractivity contribution in [1.82, 2.24) is 49.5 Å². The van der Waals surface area contributed by atoms with Crippen molar-refractivity contribution in [3.8, 4) is 0 Å². The highest BCUT2D eigenvalue weighted by Gasteiger charge is 2.40. The number of amides is 6. The van der Waals surface area contributed by atoms with Gasteiger partial charge in [-0.15, -0.1) is 0 Å². The van der Waals surface area contributed by atoms with Crippen molar-refractivity contribution in [2.45, 2.75) is 124 Å². The van der Waals surface area contributed by atoms with Gasteiger partial charge in [0.05, 0.1) is 21.9 Å². The van der Waals surface area contributed by atoms with Gasteiger partial charge < -0.3 is 31.1 Å². The number of likely N-dealkylation sites (N-methyl/N-ethyl adjacent to an activating group) is 2. The maximum absolute atomic E-state index is 14.5. The van der Waals surface area contributed by atoms with Crippen LogP contribution >= 0.6 is 0 Å². The molecule has 6 amide bonds. The maximum atomic E-state index is 14.5. The molecule has 0 saturated carbocycles. The van der Waals surface area contributed by atoms with Crippen molar-refractivity contribution in [1.29, 1.82) is 0 Å². The van der Waals surface area contributed by atoms with Gasteiger partial charge in [-0.2, -0.15) is 8.61 Å². The molecular weight excluding hydrogens is 1120 g/mol. The van der Waals surface area contributed by atoms with Gasteiger partial charge in [-0.25, -0.2) is 25.6 Å². The number of hydrogen-bond donors (Lipinski definition) is 4. The zero-order chi connectivity index (χ0) is 61.1. The van der Waals surface area contributed by atoms with E-state index in [2.05, 4.69) is 21.3 Å². The standard InChI is InChI=1S/C60H82F2N10O10S2/c1-43(67(3)4)55(73)65-53(59(77)71-37-15-21-49(71)41-69(39-33-45-17-9-7-10-18-45)83(79,80)51-29-25-47(61)26-30-51)23-13-35-63-57(75)58(76)64-36-14-24-54(66-56(74)44(2)68(5)6)60(78)72-38-16-22-50(72)42-70(40-34-46-19-11-8-12-20-46)84(81,82)52-31-27-48(62)28-32-52/h7-12,17-20,25-32,43-44,49-50,53-54H,13-16,21-24,33-42H2,1-6H3,(H,63,75)(H,64,76)(H,65,73)(H,66,74)/t43-,44-,49-,50-,53-,54-/m0/s1. The van der Waals surface area contributed by atoms with Gasteiger partial charge >= 0.3 is 11.8 Å². The number of sulfonamides is 2. The summed E-state index contributed by atoms with van der Waals surface area (Å²) in [5, 5.41) is 10.9. The molecule has 4 aromatic carbocycles. The number of halogens is 2. The van der Waals surface area contributed by atoms with Crippen LogP contribution in [0.25, 0.3) is 0 Å². The third-order valence-corrected chi connectivity index (χ3v) is 19.4. The minimum atomic E-state index is -4.15. The molecule has 2 fully saturated rings. The first-order chi connectivity index (χ1) is 40.0. The number of nitrogens with zero attached hydrogens (tertiary/aromatic N) is 6. The summed E-state index contributed by atoms with van der Waals surface area (Å²) < 4.78 is 87.0. The van der Waals surface area contributed by atoms with E-state index < -0.39 is 103 Å². The summed E-state index contributed by atoms with van der Waals surface area (Å²) >= 11 is 0. The zero-order valence-corrected chi connectivity index (χ0v) is 50.6. The summed E-state index contributed by atoms with van der Waals surface area (Å²) in [6.07, 6.45) is 3.29. The lowest BCUT2D eigenvalue weighted by atomic mass is 10.1. The van der Waals surface area contributed by atoms with Gasteiger partial charge in [0.1, 0.15) is 23.7 Å². The molecule has 4 aromatic rings. The number of benzene rings is 4. The van der Waals surface area contributed by atoms with Crippen molar-refractivity contribution in [2.75, 3.05) is 80.5 Å². The summed E-state index contributed by atoms with van der Waals surface area (Å²) in [4.78, 5) is 88.7. The van der Waals surface area contributed by atoms with Gasteiger partial charge in [0, 0.05) is 64.4 Å². The smallest absolute Gasteiger partial charge is 0.309 e. The number of carbonyl (C=O) groups excluding carboxylic acids is 6. The molecule has 458 valence electrons. The number of rotatable bonds is 30. The molecule has 20 nitrogen and oxygen atoms in total. The Kier molecular flexibility index (Phi) is 24.9. The van der Waals surface area contributed by atoms with Crippen molar-refractivity contribution in [3.05, 3.63) is 132 Å². The fourth-order valence-corrected chi connectivity index (χ4v) is 13.1. The third-order valence-electron chi connectivity index (χ3n) is 15.7. The molecule has 2 aliphatic heterocycles. The Balaban J connectivity index is 1.06. The zero-order valence-electron chi connectivity index (χ0n) is 48.9. The molecule has 0 bridgehead atoms. The number of nitrogens with one attached hydrogen (secondary N) is 4. The lowest BCUT2D eigenvalue weighted by molar-refractivity contribution is -0.139. The first kappa shape index (κ1) is 66.4. The molecule has 4 N–H and O–H groups in total. The summed E-state index contributed by atoms with van der Waals surface area (Å²) in [6.45, 7) is 3.91. The van der Waals surface area contributed by atoms with Crippen LogP contribution in [0.2, 0.25) is 0 Å². The van der Waals surface area contributed by atoms with Gasteiger partial charge in [0.15, 0.2) is 0 Å². The van der Waals surface area contributed by atoms with Crippen molar-refractivity contribution in [2.24, 2.45) is 0 Å². The Morgan fingerprint density at radius 3 is 1.21 bits per heavy atom. The van der Waals surface area contributed by atoms with Crippen LogP contribution in [0.15, 0.2) is 119 Å². The lowest BCUT2D eigenvalue weighted by Crippen LogP contribution is -2.55.